The Balaban J connectivity index is 2.40. The third-order valence-corrected chi connectivity index (χ3v) is 3.75. The summed E-state index contributed by atoms with van der Waals surface area (Å²) in [6.07, 6.45) is -3.08. The smallest absolute Gasteiger partial charge is 0.312 e. The lowest BCUT2D eigenvalue weighted by molar-refractivity contribution is -0.141. The Morgan fingerprint density at radius 3 is 2.65 bits per heavy atom. The van der Waals surface area contributed by atoms with Gasteiger partial charge in [0.2, 0.25) is 0 Å². The van der Waals surface area contributed by atoms with Gasteiger partial charge < -0.3 is 5.32 Å². The van der Waals surface area contributed by atoms with Gasteiger partial charge in [-0.25, -0.2) is 4.98 Å². The third kappa shape index (κ3) is 3.47. The Labute approximate surface area is 122 Å². The minimum atomic E-state index is -4.47. The Kier molecular flexibility index (Phi) is 4.62. The monoisotopic (exact) mass is 321 g/mol. The van der Waals surface area contributed by atoms with E-state index in [1.807, 2.05) is 6.92 Å². The Morgan fingerprint density at radius 2 is 2.10 bits per heavy atom. The van der Waals surface area contributed by atoms with Crippen LogP contribution < -0.4 is 5.32 Å². The molecule has 1 N–H and O–H groups in total. The van der Waals surface area contributed by atoms with Crippen molar-refractivity contribution < 1.29 is 13.2 Å². The van der Waals surface area contributed by atoms with Crippen LogP contribution >= 0.6 is 22.9 Å². The number of thiazole rings is 1. The lowest BCUT2D eigenvalue weighted by Crippen LogP contribution is -2.15. The minimum Gasteiger partial charge on any atom is -0.312 e. The Morgan fingerprint density at radius 1 is 1.35 bits per heavy atom. The molecule has 3 nitrogen and oxygen atoms in total. The van der Waals surface area contributed by atoms with Crippen LogP contribution in [0.2, 0.25) is 5.02 Å². The zero-order valence-corrected chi connectivity index (χ0v) is 12.0. The molecule has 0 radical (unpaired) electrons. The van der Waals surface area contributed by atoms with Gasteiger partial charge in [-0.15, -0.1) is 11.3 Å². The molecular weight excluding hydrogens is 311 g/mol. The number of pyridine rings is 1. The fourth-order valence-electron chi connectivity index (χ4n) is 1.54. The van der Waals surface area contributed by atoms with Crippen molar-refractivity contribution in [3.63, 3.8) is 0 Å². The van der Waals surface area contributed by atoms with Crippen molar-refractivity contribution >= 4 is 22.9 Å². The number of alkyl halides is 3. The summed E-state index contributed by atoms with van der Waals surface area (Å²) < 4.78 is 38.8. The predicted molar refractivity (Wildman–Crippen MR) is 72.7 cm³/mol. The highest BCUT2D eigenvalue weighted by Crippen LogP contribution is 2.37. The fourth-order valence-corrected chi connectivity index (χ4v) is 2.68. The van der Waals surface area contributed by atoms with E-state index in [9.17, 15) is 13.2 Å². The molecule has 20 heavy (non-hydrogen) atoms. The van der Waals surface area contributed by atoms with Crippen LogP contribution in [0.1, 0.15) is 17.5 Å². The molecule has 0 aliphatic carbocycles. The van der Waals surface area contributed by atoms with Gasteiger partial charge in [0.25, 0.3) is 0 Å². The van der Waals surface area contributed by atoms with E-state index in [4.69, 9.17) is 11.6 Å². The van der Waals surface area contributed by atoms with Crippen molar-refractivity contribution in [3.05, 3.63) is 33.9 Å². The standard InChI is InChI=1S/C12H11ClF3N3S/c1-2-17-6-9-10(12(14,15)16)19-11(20-9)8-4-3-7(13)5-18-8/h3-5,17H,2,6H2,1H3. The molecular formula is C12H11ClF3N3S. The van der Waals surface area contributed by atoms with Gasteiger partial charge in [0.1, 0.15) is 5.01 Å². The van der Waals surface area contributed by atoms with E-state index in [-0.39, 0.29) is 16.4 Å². The molecule has 0 fully saturated rings. The number of nitrogens with zero attached hydrogens (tertiary/aromatic N) is 2. The molecule has 0 aliphatic rings. The normalized spacial score (nSPS) is 11.8. The van der Waals surface area contributed by atoms with Crippen LogP contribution in [-0.2, 0) is 12.7 Å². The van der Waals surface area contributed by atoms with Gasteiger partial charge in [-0.05, 0) is 18.7 Å². The second-order valence-corrected chi connectivity index (χ2v) is 5.45. The SMILES string of the molecule is CCNCc1sc(-c2ccc(Cl)cn2)nc1C(F)(F)F. The molecule has 0 unspecified atom stereocenters. The molecule has 0 atom stereocenters. The number of aromatic nitrogens is 2. The maximum absolute atomic E-state index is 12.9. The highest BCUT2D eigenvalue weighted by Gasteiger charge is 2.37. The highest BCUT2D eigenvalue weighted by atomic mass is 35.5. The molecule has 8 heteroatoms. The Hall–Kier alpha value is -1.18. The van der Waals surface area contributed by atoms with E-state index in [2.05, 4.69) is 15.3 Å². The van der Waals surface area contributed by atoms with Crippen LogP contribution in [0.4, 0.5) is 13.2 Å². The number of hydrogen-bond donors (Lipinski definition) is 1. The molecule has 2 heterocycles. The molecule has 0 bridgehead atoms. The average molecular weight is 322 g/mol. The van der Waals surface area contributed by atoms with Crippen molar-refractivity contribution in [2.75, 3.05) is 6.54 Å². The maximum Gasteiger partial charge on any atom is 0.434 e. The van der Waals surface area contributed by atoms with Crippen molar-refractivity contribution in [3.8, 4) is 10.7 Å². The van der Waals surface area contributed by atoms with Crippen molar-refractivity contribution in [1.29, 1.82) is 0 Å². The molecule has 0 spiro atoms. The number of nitrogens with one attached hydrogen (secondary N) is 1. The van der Waals surface area contributed by atoms with Gasteiger partial charge in [0.05, 0.1) is 15.6 Å². The van der Waals surface area contributed by atoms with Crippen LogP contribution in [0.3, 0.4) is 0 Å². The second-order valence-electron chi connectivity index (χ2n) is 3.93. The zero-order valence-electron chi connectivity index (χ0n) is 10.5. The molecule has 108 valence electrons. The largest absolute Gasteiger partial charge is 0.434 e. The lowest BCUT2D eigenvalue weighted by atomic mass is 10.3. The van der Waals surface area contributed by atoms with Crippen molar-refractivity contribution in [2.45, 2.75) is 19.6 Å². The number of hydrogen-bond acceptors (Lipinski definition) is 4. The Bertz CT molecular complexity index is 581. The number of rotatable bonds is 4. The van der Waals surface area contributed by atoms with Crippen molar-refractivity contribution in [2.24, 2.45) is 0 Å². The first-order valence-electron chi connectivity index (χ1n) is 5.81. The third-order valence-electron chi connectivity index (χ3n) is 2.45. The first kappa shape index (κ1) is 15.2. The zero-order chi connectivity index (χ0) is 14.8. The summed E-state index contributed by atoms with van der Waals surface area (Å²) in [5.41, 5.74) is -0.470. The van der Waals surface area contributed by atoms with E-state index < -0.39 is 11.9 Å². The topological polar surface area (TPSA) is 37.8 Å². The summed E-state index contributed by atoms with van der Waals surface area (Å²) in [4.78, 5) is 7.83. The van der Waals surface area contributed by atoms with Gasteiger partial charge in [0.15, 0.2) is 5.69 Å². The van der Waals surface area contributed by atoms with E-state index in [0.29, 0.717) is 17.3 Å². The molecule has 2 aromatic rings. The molecule has 0 amide bonds. The van der Waals surface area contributed by atoms with Gasteiger partial charge in [-0.2, -0.15) is 13.2 Å². The first-order valence-corrected chi connectivity index (χ1v) is 7.00. The summed E-state index contributed by atoms with van der Waals surface area (Å²) in [6, 6.07) is 3.13. The molecule has 0 aliphatic heterocycles. The molecule has 0 aromatic carbocycles. The van der Waals surface area contributed by atoms with Crippen LogP contribution in [0.5, 0.6) is 0 Å². The summed E-state index contributed by atoms with van der Waals surface area (Å²) in [5.74, 6) is 0. The lowest BCUT2D eigenvalue weighted by Gasteiger charge is -2.05. The first-order chi connectivity index (χ1) is 9.41. The van der Waals surface area contributed by atoms with E-state index in [1.165, 1.54) is 6.20 Å². The summed E-state index contributed by atoms with van der Waals surface area (Å²) >= 11 is 6.69. The van der Waals surface area contributed by atoms with Crippen LogP contribution in [0.25, 0.3) is 10.7 Å². The van der Waals surface area contributed by atoms with Crippen LogP contribution in [-0.4, -0.2) is 16.5 Å². The van der Waals surface area contributed by atoms with Crippen molar-refractivity contribution in [1.82, 2.24) is 15.3 Å². The van der Waals surface area contributed by atoms with E-state index in [0.717, 1.165) is 11.3 Å². The van der Waals surface area contributed by atoms with E-state index in [1.54, 1.807) is 12.1 Å². The molecule has 2 rings (SSSR count). The molecule has 0 saturated carbocycles. The number of halogens is 4. The second kappa shape index (κ2) is 6.07. The van der Waals surface area contributed by atoms with E-state index >= 15 is 0 Å². The van der Waals surface area contributed by atoms with Gasteiger partial charge in [-0.1, -0.05) is 18.5 Å². The van der Waals surface area contributed by atoms with Gasteiger partial charge >= 0.3 is 6.18 Å². The maximum atomic E-state index is 12.9. The summed E-state index contributed by atoms with van der Waals surface area (Å²) in [6.45, 7) is 2.55. The van der Waals surface area contributed by atoms with Gasteiger partial charge in [-0.3, -0.25) is 4.98 Å². The van der Waals surface area contributed by atoms with Crippen LogP contribution in [0.15, 0.2) is 18.3 Å². The fraction of sp³-hybridized carbons (Fsp3) is 0.333. The summed E-state index contributed by atoms with van der Waals surface area (Å²) in [5, 5.41) is 3.54. The highest BCUT2D eigenvalue weighted by molar-refractivity contribution is 7.15. The van der Waals surface area contributed by atoms with Gasteiger partial charge in [0, 0.05) is 12.7 Å². The minimum absolute atomic E-state index is 0.136. The summed E-state index contributed by atoms with van der Waals surface area (Å²) in [7, 11) is 0. The molecule has 0 saturated heterocycles. The predicted octanol–water partition coefficient (Wildman–Crippen LogP) is 3.99. The quantitative estimate of drug-likeness (QED) is 0.925. The van der Waals surface area contributed by atoms with Crippen LogP contribution in [0, 0.1) is 0 Å². The molecule has 2 aromatic heterocycles. The average Bonchev–Trinajstić information content (AvgIpc) is 2.81.